The Morgan fingerprint density at radius 1 is 1.60 bits per heavy atom. The molecule has 0 aromatic carbocycles. The largest absolute Gasteiger partial charge is 0.478 e. The average molecular weight is 334 g/mol. The van der Waals surface area contributed by atoms with Gasteiger partial charge in [-0.3, -0.25) is 4.68 Å². The van der Waals surface area contributed by atoms with Gasteiger partial charge in [-0.1, -0.05) is 0 Å². The number of hydrogen-bond donors (Lipinski definition) is 1. The molecule has 1 aromatic heterocycles. The minimum Gasteiger partial charge on any atom is -0.478 e. The van der Waals surface area contributed by atoms with Gasteiger partial charge in [-0.15, -0.1) is 0 Å². The molecule has 1 heterocycles. The highest BCUT2D eigenvalue weighted by Crippen LogP contribution is 2.20. The van der Waals surface area contributed by atoms with Crippen LogP contribution in [0.3, 0.4) is 0 Å². The molecule has 0 atom stereocenters. The lowest BCUT2D eigenvalue weighted by Gasteiger charge is -2.05. The van der Waals surface area contributed by atoms with Crippen molar-refractivity contribution < 1.29 is 23.1 Å². The highest BCUT2D eigenvalue weighted by molar-refractivity contribution is 14.1. The van der Waals surface area contributed by atoms with Gasteiger partial charge in [0.05, 0.1) is 6.42 Å². The molecule has 0 aliphatic rings. The monoisotopic (exact) mass is 334 g/mol. The highest BCUT2D eigenvalue weighted by atomic mass is 127. The first-order chi connectivity index (χ1) is 6.79. The molecule has 0 aliphatic heterocycles. The number of aryl methyl sites for hydroxylation is 1. The summed E-state index contributed by atoms with van der Waals surface area (Å²) in [6, 6.07) is 0. The number of halogens is 4. The number of carbonyl (C=O) groups is 1. The van der Waals surface area contributed by atoms with E-state index >= 15 is 0 Å². The predicted molar refractivity (Wildman–Crippen MR) is 52.6 cm³/mol. The number of alkyl halides is 3. The Kier molecular flexibility index (Phi) is 3.58. The Hall–Kier alpha value is -0.800. The van der Waals surface area contributed by atoms with Crippen LogP contribution in [0.4, 0.5) is 13.2 Å². The van der Waals surface area contributed by atoms with Crippen molar-refractivity contribution in [3.05, 3.63) is 15.5 Å². The fourth-order valence-corrected chi connectivity index (χ4v) is 1.54. The number of nitrogens with zero attached hydrogens (tertiary/aromatic N) is 2. The molecular weight excluding hydrogens is 328 g/mol. The van der Waals surface area contributed by atoms with Crippen molar-refractivity contribution in [3.8, 4) is 0 Å². The van der Waals surface area contributed by atoms with Crippen LogP contribution < -0.4 is 0 Å². The van der Waals surface area contributed by atoms with Gasteiger partial charge in [0.1, 0.15) is 9.26 Å². The fourth-order valence-electron chi connectivity index (χ4n) is 0.897. The second kappa shape index (κ2) is 4.37. The minimum atomic E-state index is -4.26. The maximum atomic E-state index is 11.8. The van der Waals surface area contributed by atoms with Gasteiger partial charge < -0.3 is 5.11 Å². The van der Waals surface area contributed by atoms with Crippen LogP contribution >= 0.6 is 22.6 Å². The molecule has 8 heteroatoms. The Balaban J connectivity index is 2.72. The third-order valence-corrected chi connectivity index (χ3v) is 2.37. The third-order valence-electron chi connectivity index (χ3n) is 1.57. The van der Waals surface area contributed by atoms with Gasteiger partial charge in [-0.25, -0.2) is 4.79 Å². The Bertz CT molecular complexity index is 375. The van der Waals surface area contributed by atoms with Gasteiger partial charge in [-0.05, 0) is 22.6 Å². The Labute approximate surface area is 96.2 Å². The summed E-state index contributed by atoms with van der Waals surface area (Å²) < 4.78 is 36.7. The van der Waals surface area contributed by atoms with Gasteiger partial charge in [-0.2, -0.15) is 18.3 Å². The SMILES string of the molecule is O=C(O)c1cn(CCC(F)(F)F)nc1I. The molecule has 0 radical (unpaired) electrons. The van der Waals surface area contributed by atoms with Crippen LogP contribution in [0.1, 0.15) is 16.8 Å². The van der Waals surface area contributed by atoms with Crippen LogP contribution in [0, 0.1) is 3.70 Å². The maximum absolute atomic E-state index is 11.8. The molecule has 0 saturated heterocycles. The van der Waals surface area contributed by atoms with E-state index in [0.717, 1.165) is 10.9 Å². The van der Waals surface area contributed by atoms with Crippen molar-refractivity contribution in [2.75, 3.05) is 0 Å². The van der Waals surface area contributed by atoms with E-state index in [0.29, 0.717) is 0 Å². The number of aromatic nitrogens is 2. The topological polar surface area (TPSA) is 55.1 Å². The van der Waals surface area contributed by atoms with Crippen LogP contribution in [0.5, 0.6) is 0 Å². The van der Waals surface area contributed by atoms with Crippen molar-refractivity contribution in [1.82, 2.24) is 9.78 Å². The van der Waals surface area contributed by atoms with Crippen LogP contribution in [-0.2, 0) is 6.54 Å². The average Bonchev–Trinajstić information content (AvgIpc) is 2.42. The number of carboxylic acid groups (broad SMARTS) is 1. The normalized spacial score (nSPS) is 11.7. The van der Waals surface area contributed by atoms with Gasteiger partial charge in [0.25, 0.3) is 0 Å². The lowest BCUT2D eigenvalue weighted by Crippen LogP contribution is -2.12. The van der Waals surface area contributed by atoms with Crippen molar-refractivity contribution in [3.63, 3.8) is 0 Å². The maximum Gasteiger partial charge on any atom is 0.390 e. The van der Waals surface area contributed by atoms with E-state index in [-0.39, 0.29) is 15.8 Å². The first-order valence-electron chi connectivity index (χ1n) is 3.82. The summed E-state index contributed by atoms with van der Waals surface area (Å²) in [6.45, 7) is -0.368. The predicted octanol–water partition coefficient (Wildman–Crippen LogP) is 2.14. The third kappa shape index (κ3) is 3.68. The summed E-state index contributed by atoms with van der Waals surface area (Å²) in [6.07, 6.45) is -4.19. The molecule has 1 rings (SSSR count). The van der Waals surface area contributed by atoms with Gasteiger partial charge in [0.15, 0.2) is 0 Å². The molecule has 1 aromatic rings. The zero-order chi connectivity index (χ0) is 11.6. The summed E-state index contributed by atoms with van der Waals surface area (Å²) >= 11 is 1.66. The number of aromatic carboxylic acids is 1. The van der Waals surface area contributed by atoms with Gasteiger partial charge in [0.2, 0.25) is 0 Å². The smallest absolute Gasteiger partial charge is 0.390 e. The van der Waals surface area contributed by atoms with E-state index in [2.05, 4.69) is 5.10 Å². The molecule has 4 nitrogen and oxygen atoms in total. The molecule has 0 amide bonds. The standard InChI is InChI=1S/C7H6F3IN2O2/c8-7(9,10)1-2-13-3-4(6(14)15)5(11)12-13/h3H,1-2H2,(H,14,15). The van der Waals surface area contributed by atoms with Gasteiger partial charge in [0, 0.05) is 12.7 Å². The van der Waals surface area contributed by atoms with E-state index in [4.69, 9.17) is 5.11 Å². The van der Waals surface area contributed by atoms with E-state index in [1.165, 1.54) is 0 Å². The van der Waals surface area contributed by atoms with Crippen LogP contribution in [0.25, 0.3) is 0 Å². The lowest BCUT2D eigenvalue weighted by atomic mass is 10.4. The van der Waals surface area contributed by atoms with Crippen LogP contribution in [-0.4, -0.2) is 27.0 Å². The molecule has 0 bridgehead atoms. The molecule has 1 N–H and O–H groups in total. The van der Waals surface area contributed by atoms with Crippen molar-refractivity contribution >= 4 is 28.6 Å². The van der Waals surface area contributed by atoms with E-state index in [9.17, 15) is 18.0 Å². The summed E-state index contributed by atoms with van der Waals surface area (Å²) in [7, 11) is 0. The van der Waals surface area contributed by atoms with Crippen molar-refractivity contribution in [1.29, 1.82) is 0 Å². The van der Waals surface area contributed by atoms with Crippen molar-refractivity contribution in [2.45, 2.75) is 19.1 Å². The molecular formula is C7H6F3IN2O2. The van der Waals surface area contributed by atoms with E-state index in [1.54, 1.807) is 22.6 Å². The molecule has 84 valence electrons. The van der Waals surface area contributed by atoms with Crippen LogP contribution in [0.2, 0.25) is 0 Å². The first kappa shape index (κ1) is 12.3. The highest BCUT2D eigenvalue weighted by Gasteiger charge is 2.27. The summed E-state index contributed by atoms with van der Waals surface area (Å²) in [5.41, 5.74) is -0.0854. The summed E-state index contributed by atoms with van der Waals surface area (Å²) in [5, 5.41) is 12.3. The molecule has 0 aliphatic carbocycles. The summed E-state index contributed by atoms with van der Waals surface area (Å²) in [5.74, 6) is -1.20. The quantitative estimate of drug-likeness (QED) is 0.862. The van der Waals surface area contributed by atoms with E-state index in [1.807, 2.05) is 0 Å². The molecule has 0 unspecified atom stereocenters. The Morgan fingerprint density at radius 2 is 2.20 bits per heavy atom. The first-order valence-corrected chi connectivity index (χ1v) is 4.90. The lowest BCUT2D eigenvalue weighted by molar-refractivity contribution is -0.137. The fraction of sp³-hybridized carbons (Fsp3) is 0.429. The minimum absolute atomic E-state index is 0.0854. The second-order valence-corrected chi connectivity index (χ2v) is 3.79. The zero-order valence-corrected chi connectivity index (χ0v) is 9.41. The van der Waals surface area contributed by atoms with E-state index < -0.39 is 18.6 Å². The summed E-state index contributed by atoms with van der Waals surface area (Å²) in [4.78, 5) is 10.6. The molecule has 15 heavy (non-hydrogen) atoms. The zero-order valence-electron chi connectivity index (χ0n) is 7.25. The van der Waals surface area contributed by atoms with Crippen molar-refractivity contribution in [2.24, 2.45) is 0 Å². The second-order valence-electron chi connectivity index (χ2n) is 2.77. The Morgan fingerprint density at radius 3 is 2.60 bits per heavy atom. The number of rotatable bonds is 3. The number of carboxylic acids is 1. The number of hydrogen-bond acceptors (Lipinski definition) is 2. The molecule has 0 fully saturated rings. The molecule has 0 spiro atoms. The molecule has 0 saturated carbocycles. The van der Waals surface area contributed by atoms with Crippen LogP contribution in [0.15, 0.2) is 6.20 Å². The van der Waals surface area contributed by atoms with Gasteiger partial charge >= 0.3 is 12.1 Å².